The first-order valence-electron chi connectivity index (χ1n) is 7.71. The van der Waals surface area contributed by atoms with E-state index in [9.17, 15) is 9.59 Å². The van der Waals surface area contributed by atoms with Gasteiger partial charge >= 0.3 is 0 Å². The van der Waals surface area contributed by atoms with Crippen LogP contribution in [0.4, 0.5) is 0 Å². The number of nitrogens with zero attached hydrogens (tertiary/aromatic N) is 1. The predicted octanol–water partition coefficient (Wildman–Crippen LogP) is 1.46. The standard InChI is InChI=1S/C15H26N2O3/c1-4-15(5-2)14(19)17(10-13(18)16-15)11-7-6-8-12(9-11)20-3/h11-12H,4-10H2,1-3H3,(H,16,18). The molecule has 2 unspecified atom stereocenters. The van der Waals surface area contributed by atoms with Gasteiger partial charge in [-0.25, -0.2) is 0 Å². The molecule has 0 bridgehead atoms. The van der Waals surface area contributed by atoms with E-state index in [-0.39, 0.29) is 30.5 Å². The topological polar surface area (TPSA) is 58.6 Å². The van der Waals surface area contributed by atoms with E-state index < -0.39 is 5.54 Å². The molecule has 2 fully saturated rings. The van der Waals surface area contributed by atoms with Crippen LogP contribution in [0.15, 0.2) is 0 Å². The summed E-state index contributed by atoms with van der Waals surface area (Å²) in [6.45, 7) is 4.12. The minimum atomic E-state index is -0.699. The highest BCUT2D eigenvalue weighted by Crippen LogP contribution is 2.30. The largest absolute Gasteiger partial charge is 0.381 e. The molecule has 0 spiro atoms. The molecule has 5 heteroatoms. The number of ether oxygens (including phenoxy) is 1. The molecule has 1 aliphatic carbocycles. The molecule has 20 heavy (non-hydrogen) atoms. The molecule has 2 rings (SSSR count). The van der Waals surface area contributed by atoms with Gasteiger partial charge in [0.1, 0.15) is 5.54 Å². The number of methoxy groups -OCH3 is 1. The van der Waals surface area contributed by atoms with E-state index >= 15 is 0 Å². The van der Waals surface area contributed by atoms with Gasteiger partial charge in [0.25, 0.3) is 0 Å². The maximum atomic E-state index is 12.8. The summed E-state index contributed by atoms with van der Waals surface area (Å²) in [5.74, 6) is 0.0525. The van der Waals surface area contributed by atoms with Gasteiger partial charge in [-0.1, -0.05) is 13.8 Å². The second kappa shape index (κ2) is 6.12. The quantitative estimate of drug-likeness (QED) is 0.849. The lowest BCUT2D eigenvalue weighted by atomic mass is 9.85. The molecule has 0 aromatic heterocycles. The van der Waals surface area contributed by atoms with E-state index in [0.29, 0.717) is 12.8 Å². The van der Waals surface area contributed by atoms with E-state index in [1.54, 1.807) is 12.0 Å². The number of hydrogen-bond donors (Lipinski definition) is 1. The molecule has 2 aliphatic rings. The second-order valence-electron chi connectivity index (χ2n) is 5.95. The van der Waals surface area contributed by atoms with Crippen LogP contribution in [0.25, 0.3) is 0 Å². The minimum absolute atomic E-state index is 0.0344. The van der Waals surface area contributed by atoms with Gasteiger partial charge in [0.05, 0.1) is 12.6 Å². The predicted molar refractivity (Wildman–Crippen MR) is 76.2 cm³/mol. The average Bonchev–Trinajstić information content (AvgIpc) is 2.49. The Kier molecular flexibility index (Phi) is 4.68. The van der Waals surface area contributed by atoms with E-state index in [0.717, 1.165) is 25.7 Å². The molecule has 1 heterocycles. The molecular weight excluding hydrogens is 256 g/mol. The third kappa shape index (κ3) is 2.68. The Bertz CT molecular complexity index is 379. The number of carbonyl (C=O) groups excluding carboxylic acids is 2. The van der Waals surface area contributed by atoms with E-state index in [2.05, 4.69) is 5.32 Å². The van der Waals surface area contributed by atoms with Crippen LogP contribution in [0.2, 0.25) is 0 Å². The summed E-state index contributed by atoms with van der Waals surface area (Å²) in [7, 11) is 1.72. The third-order valence-electron chi connectivity index (χ3n) is 4.94. The Labute approximate surface area is 121 Å². The number of amides is 2. The van der Waals surface area contributed by atoms with Crippen LogP contribution in [0.3, 0.4) is 0 Å². The third-order valence-corrected chi connectivity index (χ3v) is 4.94. The zero-order chi connectivity index (χ0) is 14.8. The average molecular weight is 282 g/mol. The normalized spacial score (nSPS) is 30.2. The molecule has 1 saturated carbocycles. The summed E-state index contributed by atoms with van der Waals surface area (Å²) in [5, 5.41) is 2.91. The lowest BCUT2D eigenvalue weighted by Crippen LogP contribution is -2.68. The Morgan fingerprint density at radius 2 is 2.00 bits per heavy atom. The lowest BCUT2D eigenvalue weighted by molar-refractivity contribution is -0.154. The highest BCUT2D eigenvalue weighted by molar-refractivity contribution is 5.98. The summed E-state index contributed by atoms with van der Waals surface area (Å²) >= 11 is 0. The fourth-order valence-electron chi connectivity index (χ4n) is 3.50. The minimum Gasteiger partial charge on any atom is -0.381 e. The van der Waals surface area contributed by atoms with Crippen molar-refractivity contribution in [3.05, 3.63) is 0 Å². The maximum Gasteiger partial charge on any atom is 0.249 e. The molecule has 2 atom stereocenters. The van der Waals surface area contributed by atoms with Crippen LogP contribution in [-0.2, 0) is 14.3 Å². The van der Waals surface area contributed by atoms with Crippen molar-refractivity contribution in [3.8, 4) is 0 Å². The molecule has 0 radical (unpaired) electrons. The molecule has 0 aromatic rings. The molecule has 5 nitrogen and oxygen atoms in total. The summed E-state index contributed by atoms with van der Waals surface area (Å²) in [5.41, 5.74) is -0.699. The first kappa shape index (κ1) is 15.3. The van der Waals surface area contributed by atoms with Gasteiger partial charge in [-0.05, 0) is 38.5 Å². The van der Waals surface area contributed by atoms with Crippen LogP contribution in [0.1, 0.15) is 52.4 Å². The molecule has 1 aliphatic heterocycles. The number of carbonyl (C=O) groups is 2. The fraction of sp³-hybridized carbons (Fsp3) is 0.867. The SMILES string of the molecule is CCC1(CC)NC(=O)CN(C2CCCC(OC)C2)C1=O. The molecule has 114 valence electrons. The molecule has 2 amide bonds. The van der Waals surface area contributed by atoms with Crippen molar-refractivity contribution >= 4 is 11.8 Å². The monoisotopic (exact) mass is 282 g/mol. The molecule has 0 aromatic carbocycles. The van der Waals surface area contributed by atoms with Crippen LogP contribution >= 0.6 is 0 Å². The van der Waals surface area contributed by atoms with E-state index in [1.807, 2.05) is 13.8 Å². The van der Waals surface area contributed by atoms with E-state index in [1.165, 1.54) is 0 Å². The maximum absolute atomic E-state index is 12.8. The molecule has 1 N–H and O–H groups in total. The summed E-state index contributed by atoms with van der Waals surface area (Å²) in [6.07, 6.45) is 5.43. The van der Waals surface area contributed by atoms with Crippen LogP contribution in [-0.4, -0.2) is 48.1 Å². The number of rotatable bonds is 4. The van der Waals surface area contributed by atoms with Crippen LogP contribution < -0.4 is 5.32 Å². The summed E-state index contributed by atoms with van der Waals surface area (Å²) in [6, 6.07) is 0.143. The summed E-state index contributed by atoms with van der Waals surface area (Å²) < 4.78 is 5.44. The van der Waals surface area contributed by atoms with Crippen molar-refractivity contribution in [2.24, 2.45) is 0 Å². The zero-order valence-electron chi connectivity index (χ0n) is 12.8. The fourth-order valence-corrected chi connectivity index (χ4v) is 3.50. The Hall–Kier alpha value is -1.10. The van der Waals surface area contributed by atoms with Crippen molar-refractivity contribution in [3.63, 3.8) is 0 Å². The Balaban J connectivity index is 2.17. The second-order valence-corrected chi connectivity index (χ2v) is 5.95. The first-order valence-corrected chi connectivity index (χ1v) is 7.71. The van der Waals surface area contributed by atoms with Gasteiger partial charge < -0.3 is 15.0 Å². The zero-order valence-corrected chi connectivity index (χ0v) is 12.8. The highest BCUT2D eigenvalue weighted by atomic mass is 16.5. The highest BCUT2D eigenvalue weighted by Gasteiger charge is 2.46. The first-order chi connectivity index (χ1) is 9.56. The van der Waals surface area contributed by atoms with Crippen molar-refractivity contribution in [1.29, 1.82) is 0 Å². The van der Waals surface area contributed by atoms with Crippen molar-refractivity contribution < 1.29 is 14.3 Å². The van der Waals surface area contributed by atoms with Gasteiger partial charge in [-0.2, -0.15) is 0 Å². The van der Waals surface area contributed by atoms with Crippen molar-refractivity contribution in [2.45, 2.75) is 70.1 Å². The lowest BCUT2D eigenvalue weighted by Gasteiger charge is -2.46. The molecular formula is C15H26N2O3. The Morgan fingerprint density at radius 1 is 1.30 bits per heavy atom. The number of piperazine rings is 1. The van der Waals surface area contributed by atoms with Crippen molar-refractivity contribution in [2.75, 3.05) is 13.7 Å². The number of nitrogens with one attached hydrogen (secondary N) is 1. The number of hydrogen-bond acceptors (Lipinski definition) is 3. The van der Waals surface area contributed by atoms with Gasteiger partial charge in [0.2, 0.25) is 11.8 Å². The smallest absolute Gasteiger partial charge is 0.249 e. The molecule has 1 saturated heterocycles. The van der Waals surface area contributed by atoms with Crippen LogP contribution in [0, 0.1) is 0 Å². The van der Waals surface area contributed by atoms with E-state index in [4.69, 9.17) is 4.74 Å². The van der Waals surface area contributed by atoms with Gasteiger partial charge in [-0.15, -0.1) is 0 Å². The van der Waals surface area contributed by atoms with Gasteiger partial charge in [-0.3, -0.25) is 9.59 Å². The van der Waals surface area contributed by atoms with Gasteiger partial charge in [0, 0.05) is 13.2 Å². The summed E-state index contributed by atoms with van der Waals surface area (Å²) in [4.78, 5) is 26.6. The van der Waals surface area contributed by atoms with Gasteiger partial charge in [0.15, 0.2) is 0 Å². The van der Waals surface area contributed by atoms with Crippen molar-refractivity contribution in [1.82, 2.24) is 10.2 Å². The Morgan fingerprint density at radius 3 is 2.60 bits per heavy atom. The van der Waals surface area contributed by atoms with Crippen LogP contribution in [0.5, 0.6) is 0 Å².